The first-order valence-corrected chi connectivity index (χ1v) is 9.94. The van der Waals surface area contributed by atoms with E-state index in [-0.39, 0.29) is 5.91 Å². The van der Waals surface area contributed by atoms with Crippen molar-refractivity contribution in [3.05, 3.63) is 71.5 Å². The number of aromatic nitrogens is 3. The van der Waals surface area contributed by atoms with Crippen molar-refractivity contribution in [2.75, 3.05) is 13.1 Å². The third kappa shape index (κ3) is 4.46. The lowest BCUT2D eigenvalue weighted by molar-refractivity contribution is 0.0945. The van der Waals surface area contributed by atoms with Crippen molar-refractivity contribution in [2.24, 2.45) is 0 Å². The van der Waals surface area contributed by atoms with Crippen LogP contribution < -0.4 is 15.4 Å². The van der Waals surface area contributed by atoms with Crippen LogP contribution in [0.3, 0.4) is 0 Å². The summed E-state index contributed by atoms with van der Waals surface area (Å²) in [4.78, 5) is 12.7. The maximum atomic E-state index is 12.7. The highest BCUT2D eigenvalue weighted by Gasteiger charge is 2.23. The van der Waals surface area contributed by atoms with E-state index in [9.17, 15) is 4.79 Å². The molecular weight excluding hydrogens is 366 g/mol. The molecule has 0 atom stereocenters. The summed E-state index contributed by atoms with van der Waals surface area (Å²) in [6, 6.07) is 17.6. The first-order valence-electron chi connectivity index (χ1n) is 9.94. The fraction of sp³-hybridized carbons (Fsp3) is 0.318. The molecule has 1 saturated heterocycles. The molecule has 4 rings (SSSR count). The van der Waals surface area contributed by atoms with E-state index in [1.807, 2.05) is 66.2 Å². The Balaban J connectivity index is 1.43. The second-order valence-corrected chi connectivity index (χ2v) is 7.15. The topological polar surface area (TPSA) is 81.1 Å². The van der Waals surface area contributed by atoms with Crippen molar-refractivity contribution in [3.8, 4) is 11.5 Å². The van der Waals surface area contributed by atoms with Crippen molar-refractivity contribution in [2.45, 2.75) is 32.4 Å². The van der Waals surface area contributed by atoms with E-state index in [1.54, 1.807) is 0 Å². The predicted octanol–water partition coefficient (Wildman–Crippen LogP) is 3.23. The zero-order chi connectivity index (χ0) is 20.1. The Labute approximate surface area is 170 Å². The fourth-order valence-corrected chi connectivity index (χ4v) is 3.57. The van der Waals surface area contributed by atoms with Gasteiger partial charge < -0.3 is 15.4 Å². The molecule has 2 heterocycles. The summed E-state index contributed by atoms with van der Waals surface area (Å²) < 4.78 is 7.86. The zero-order valence-corrected chi connectivity index (χ0v) is 16.5. The summed E-state index contributed by atoms with van der Waals surface area (Å²) in [6.45, 7) is 4.18. The van der Waals surface area contributed by atoms with Crippen LogP contribution in [0.25, 0.3) is 0 Å². The number of hydrogen-bond acceptors (Lipinski definition) is 5. The molecule has 0 spiro atoms. The Morgan fingerprint density at radius 3 is 2.66 bits per heavy atom. The molecule has 29 heavy (non-hydrogen) atoms. The van der Waals surface area contributed by atoms with Gasteiger partial charge in [-0.1, -0.05) is 41.6 Å². The summed E-state index contributed by atoms with van der Waals surface area (Å²) in [5.41, 5.74) is 2.08. The number of piperidine rings is 1. The minimum absolute atomic E-state index is 0.225. The van der Waals surface area contributed by atoms with Crippen LogP contribution in [0.15, 0.2) is 54.6 Å². The van der Waals surface area contributed by atoms with Gasteiger partial charge in [0.25, 0.3) is 5.91 Å². The lowest BCUT2D eigenvalue weighted by Crippen LogP contribution is -2.30. The number of ether oxygens (including phenoxy) is 1. The Bertz CT molecular complexity index is 964. The predicted molar refractivity (Wildman–Crippen MR) is 110 cm³/mol. The van der Waals surface area contributed by atoms with E-state index in [2.05, 4.69) is 20.9 Å². The van der Waals surface area contributed by atoms with E-state index in [4.69, 9.17) is 4.74 Å². The Hall–Kier alpha value is -3.19. The lowest BCUT2D eigenvalue weighted by Gasteiger charge is -2.23. The molecule has 1 aromatic heterocycles. The Kier molecular flexibility index (Phi) is 5.86. The monoisotopic (exact) mass is 391 g/mol. The quantitative estimate of drug-likeness (QED) is 0.674. The molecule has 0 aliphatic carbocycles. The van der Waals surface area contributed by atoms with E-state index < -0.39 is 0 Å². The molecule has 0 radical (unpaired) electrons. The molecule has 0 bridgehead atoms. The standard InChI is InChI=1S/C22H25N5O2/c1-16-21(25-26-27(16)18-11-13-23-14-12-18)22(28)24-15-17-7-5-6-10-20(17)29-19-8-3-2-4-9-19/h2-10,18,23H,11-15H2,1H3,(H,24,28). The normalized spacial score (nSPS) is 14.5. The molecule has 0 unspecified atom stereocenters. The molecular formula is C22H25N5O2. The molecule has 7 heteroatoms. The van der Waals surface area contributed by atoms with Gasteiger partial charge in [0.1, 0.15) is 11.5 Å². The van der Waals surface area contributed by atoms with Gasteiger partial charge in [0.2, 0.25) is 0 Å². The minimum Gasteiger partial charge on any atom is -0.457 e. The number of benzene rings is 2. The Morgan fingerprint density at radius 1 is 1.14 bits per heavy atom. The first kappa shape index (κ1) is 19.1. The number of carbonyl (C=O) groups excluding carboxylic acids is 1. The van der Waals surface area contributed by atoms with Crippen molar-refractivity contribution < 1.29 is 9.53 Å². The highest BCUT2D eigenvalue weighted by atomic mass is 16.5. The molecule has 1 aliphatic heterocycles. The maximum absolute atomic E-state index is 12.7. The molecule has 2 aromatic carbocycles. The van der Waals surface area contributed by atoms with Crippen molar-refractivity contribution in [3.63, 3.8) is 0 Å². The summed E-state index contributed by atoms with van der Waals surface area (Å²) in [7, 11) is 0. The third-order valence-corrected chi connectivity index (χ3v) is 5.18. The number of carbonyl (C=O) groups is 1. The molecule has 7 nitrogen and oxygen atoms in total. The average molecular weight is 391 g/mol. The van der Waals surface area contributed by atoms with Crippen molar-refractivity contribution in [1.82, 2.24) is 25.6 Å². The van der Waals surface area contributed by atoms with Gasteiger partial charge >= 0.3 is 0 Å². The number of nitrogens with zero attached hydrogens (tertiary/aromatic N) is 3. The number of rotatable bonds is 6. The van der Waals surface area contributed by atoms with E-state index >= 15 is 0 Å². The molecule has 150 valence electrons. The van der Waals surface area contributed by atoms with Gasteiger partial charge in [0.15, 0.2) is 5.69 Å². The van der Waals surface area contributed by atoms with Gasteiger partial charge in [-0.05, 0) is 51.1 Å². The van der Waals surface area contributed by atoms with Crippen LogP contribution in [-0.4, -0.2) is 34.0 Å². The first-order chi connectivity index (χ1) is 14.2. The van der Waals surface area contributed by atoms with Crippen molar-refractivity contribution in [1.29, 1.82) is 0 Å². The van der Waals surface area contributed by atoms with Crippen LogP contribution in [-0.2, 0) is 6.54 Å². The molecule has 1 fully saturated rings. The molecule has 1 aliphatic rings. The Morgan fingerprint density at radius 2 is 1.86 bits per heavy atom. The second kappa shape index (κ2) is 8.87. The summed E-state index contributed by atoms with van der Waals surface area (Å²) in [5.74, 6) is 1.25. The highest BCUT2D eigenvalue weighted by molar-refractivity contribution is 5.93. The number of para-hydroxylation sites is 2. The summed E-state index contributed by atoms with van der Waals surface area (Å²) >= 11 is 0. The van der Waals surface area contributed by atoms with Gasteiger partial charge in [-0.25, -0.2) is 4.68 Å². The largest absolute Gasteiger partial charge is 0.457 e. The van der Waals surface area contributed by atoms with Crippen LogP contribution >= 0.6 is 0 Å². The SMILES string of the molecule is Cc1c(C(=O)NCc2ccccc2Oc2ccccc2)nnn1C1CCNCC1. The second-order valence-electron chi connectivity index (χ2n) is 7.15. The van der Waals surface area contributed by atoms with E-state index in [0.717, 1.165) is 42.9 Å². The van der Waals surface area contributed by atoms with E-state index in [0.29, 0.717) is 24.0 Å². The van der Waals surface area contributed by atoms with Gasteiger partial charge in [-0.3, -0.25) is 4.79 Å². The lowest BCUT2D eigenvalue weighted by atomic mass is 10.1. The van der Waals surface area contributed by atoms with Crippen LogP contribution in [0.4, 0.5) is 0 Å². The highest BCUT2D eigenvalue weighted by Crippen LogP contribution is 2.25. The van der Waals surface area contributed by atoms with Gasteiger partial charge in [-0.2, -0.15) is 0 Å². The third-order valence-electron chi connectivity index (χ3n) is 5.18. The maximum Gasteiger partial charge on any atom is 0.274 e. The smallest absolute Gasteiger partial charge is 0.274 e. The fourth-order valence-electron chi connectivity index (χ4n) is 3.57. The molecule has 2 N–H and O–H groups in total. The van der Waals surface area contributed by atoms with Gasteiger partial charge in [-0.15, -0.1) is 5.10 Å². The van der Waals surface area contributed by atoms with Crippen LogP contribution in [0.2, 0.25) is 0 Å². The molecule has 1 amide bonds. The average Bonchev–Trinajstić information content (AvgIpc) is 3.16. The zero-order valence-electron chi connectivity index (χ0n) is 16.5. The van der Waals surface area contributed by atoms with Crippen LogP contribution in [0, 0.1) is 6.92 Å². The van der Waals surface area contributed by atoms with Crippen molar-refractivity contribution >= 4 is 5.91 Å². The van der Waals surface area contributed by atoms with E-state index in [1.165, 1.54) is 0 Å². The minimum atomic E-state index is -0.225. The number of amides is 1. The molecule has 3 aromatic rings. The van der Waals surface area contributed by atoms with Gasteiger partial charge in [0.05, 0.1) is 11.7 Å². The van der Waals surface area contributed by atoms with Gasteiger partial charge in [0, 0.05) is 12.1 Å². The van der Waals surface area contributed by atoms with Crippen LogP contribution in [0.1, 0.15) is 40.6 Å². The number of hydrogen-bond donors (Lipinski definition) is 2. The van der Waals surface area contributed by atoms with Crippen LogP contribution in [0.5, 0.6) is 11.5 Å². The summed E-state index contributed by atoms with van der Waals surface area (Å²) in [6.07, 6.45) is 1.99. The molecule has 0 saturated carbocycles. The summed E-state index contributed by atoms with van der Waals surface area (Å²) in [5, 5.41) is 14.7. The number of nitrogens with one attached hydrogen (secondary N) is 2.